The first-order valence-electron chi connectivity index (χ1n) is 16.3. The second kappa shape index (κ2) is 10.2. The Labute approximate surface area is 276 Å². The molecule has 10 rings (SSSR count). The molecule has 2 heterocycles. The number of aromatic nitrogens is 2. The molecule has 2 aromatic heterocycles. The molecular formula is C45H27N3. The molecule has 0 spiro atoms. The zero-order chi connectivity index (χ0) is 31.8. The Balaban J connectivity index is 1.26. The van der Waals surface area contributed by atoms with E-state index in [1.54, 1.807) is 0 Å². The molecule has 3 heteroatoms. The van der Waals surface area contributed by atoms with Gasteiger partial charge in [-0.1, -0.05) is 103 Å². The van der Waals surface area contributed by atoms with Gasteiger partial charge in [-0.3, -0.25) is 0 Å². The third-order valence-corrected chi connectivity index (χ3v) is 9.90. The van der Waals surface area contributed by atoms with E-state index in [4.69, 9.17) is 0 Å². The molecular weight excluding hydrogens is 583 g/mol. The smallest absolute Gasteiger partial charge is 0.0991 e. The van der Waals surface area contributed by atoms with Gasteiger partial charge >= 0.3 is 0 Å². The maximum absolute atomic E-state index is 9.62. The topological polar surface area (TPSA) is 33.6 Å². The maximum Gasteiger partial charge on any atom is 0.0991 e. The lowest BCUT2D eigenvalue weighted by atomic mass is 9.97. The van der Waals surface area contributed by atoms with E-state index < -0.39 is 0 Å². The van der Waals surface area contributed by atoms with Crippen molar-refractivity contribution in [3.8, 4) is 28.6 Å². The van der Waals surface area contributed by atoms with Gasteiger partial charge in [0.2, 0.25) is 0 Å². The van der Waals surface area contributed by atoms with Crippen LogP contribution in [0, 0.1) is 11.3 Å². The molecule has 0 saturated carbocycles. The van der Waals surface area contributed by atoms with Crippen molar-refractivity contribution in [1.29, 1.82) is 5.26 Å². The van der Waals surface area contributed by atoms with Crippen LogP contribution in [0.5, 0.6) is 0 Å². The predicted octanol–water partition coefficient (Wildman–Crippen LogP) is 11.7. The van der Waals surface area contributed by atoms with Gasteiger partial charge in [0, 0.05) is 32.6 Å². The summed E-state index contributed by atoms with van der Waals surface area (Å²) in [5, 5.41) is 19.1. The van der Waals surface area contributed by atoms with Crippen LogP contribution in [-0.4, -0.2) is 9.13 Å². The predicted molar refractivity (Wildman–Crippen MR) is 200 cm³/mol. The van der Waals surface area contributed by atoms with Gasteiger partial charge in [-0.2, -0.15) is 5.26 Å². The Morgan fingerprint density at radius 1 is 0.417 bits per heavy atom. The molecule has 0 fully saturated rings. The van der Waals surface area contributed by atoms with Crippen LogP contribution in [0.3, 0.4) is 0 Å². The molecule has 0 atom stereocenters. The van der Waals surface area contributed by atoms with Crippen LogP contribution in [0.2, 0.25) is 0 Å². The average molecular weight is 610 g/mol. The van der Waals surface area contributed by atoms with E-state index in [0.29, 0.717) is 5.56 Å². The van der Waals surface area contributed by atoms with Crippen molar-refractivity contribution >= 4 is 65.2 Å². The number of benzene rings is 8. The number of fused-ring (bicyclic) bond motifs is 9. The zero-order valence-corrected chi connectivity index (χ0v) is 25.9. The van der Waals surface area contributed by atoms with Gasteiger partial charge in [-0.25, -0.2) is 0 Å². The van der Waals surface area contributed by atoms with E-state index in [1.165, 1.54) is 49.2 Å². The number of nitrogens with zero attached hydrogens (tertiary/aromatic N) is 3. The SMILES string of the molecule is N#Cc1ccc2cc(-n3c4ccccc4c4cc(-c5cccc6c5c5ccccc5n6-c5ccccc5)ccc43)c3ccccc3c2c1. The first kappa shape index (κ1) is 26.6. The normalized spacial score (nSPS) is 11.7. The molecule has 0 bridgehead atoms. The van der Waals surface area contributed by atoms with Crippen molar-refractivity contribution < 1.29 is 0 Å². The molecule has 0 saturated heterocycles. The van der Waals surface area contributed by atoms with Crippen LogP contribution in [0.25, 0.3) is 87.7 Å². The Morgan fingerprint density at radius 2 is 1.08 bits per heavy atom. The quantitative estimate of drug-likeness (QED) is 0.183. The fourth-order valence-electron chi connectivity index (χ4n) is 7.85. The molecule has 0 aliphatic carbocycles. The summed E-state index contributed by atoms with van der Waals surface area (Å²) in [5.41, 5.74) is 10.1. The van der Waals surface area contributed by atoms with Crippen molar-refractivity contribution in [2.45, 2.75) is 0 Å². The van der Waals surface area contributed by atoms with Crippen LogP contribution in [0.4, 0.5) is 0 Å². The fourth-order valence-corrected chi connectivity index (χ4v) is 7.85. The van der Waals surface area contributed by atoms with E-state index in [-0.39, 0.29) is 0 Å². The number of rotatable bonds is 3. The van der Waals surface area contributed by atoms with E-state index in [1.807, 2.05) is 12.1 Å². The van der Waals surface area contributed by atoms with Crippen molar-refractivity contribution in [2.24, 2.45) is 0 Å². The van der Waals surface area contributed by atoms with Crippen molar-refractivity contribution in [2.75, 3.05) is 0 Å². The standard InChI is InChI=1S/C45H27N3/c46-28-29-21-22-31-27-44(35-14-5-4-13-34(35)38(31)25-29)48-40-18-8-6-15-36(40)39-26-30(23-24-42(39)48)33-17-10-20-43-45(33)37-16-7-9-19-41(37)47(43)32-11-2-1-3-12-32/h1-27H. The average Bonchev–Trinajstić information content (AvgIpc) is 3.67. The van der Waals surface area contributed by atoms with Crippen LogP contribution < -0.4 is 0 Å². The third kappa shape index (κ3) is 3.75. The summed E-state index contributed by atoms with van der Waals surface area (Å²) in [7, 11) is 0. The molecule has 0 aliphatic heterocycles. The number of hydrogen-bond acceptors (Lipinski definition) is 1. The largest absolute Gasteiger partial charge is 0.309 e. The summed E-state index contributed by atoms with van der Waals surface area (Å²) in [6.45, 7) is 0. The lowest BCUT2D eigenvalue weighted by Crippen LogP contribution is -1.96. The molecule has 0 N–H and O–H groups in total. The van der Waals surface area contributed by atoms with Gasteiger partial charge in [-0.05, 0) is 87.9 Å². The molecule has 8 aromatic carbocycles. The van der Waals surface area contributed by atoms with Crippen molar-refractivity contribution in [1.82, 2.24) is 9.13 Å². The van der Waals surface area contributed by atoms with E-state index in [9.17, 15) is 5.26 Å². The van der Waals surface area contributed by atoms with Gasteiger partial charge < -0.3 is 9.13 Å². The number of para-hydroxylation sites is 3. The minimum atomic E-state index is 0.673. The number of hydrogen-bond donors (Lipinski definition) is 0. The fraction of sp³-hybridized carbons (Fsp3) is 0. The molecule has 222 valence electrons. The van der Waals surface area contributed by atoms with Crippen molar-refractivity contribution in [3.05, 3.63) is 169 Å². The van der Waals surface area contributed by atoms with E-state index in [0.717, 1.165) is 38.4 Å². The highest BCUT2D eigenvalue weighted by Gasteiger charge is 2.19. The van der Waals surface area contributed by atoms with Gasteiger partial charge in [0.05, 0.1) is 39.4 Å². The summed E-state index contributed by atoms with van der Waals surface area (Å²) in [6, 6.07) is 60.8. The second-order valence-corrected chi connectivity index (χ2v) is 12.5. The summed E-state index contributed by atoms with van der Waals surface area (Å²) >= 11 is 0. The van der Waals surface area contributed by atoms with Gasteiger partial charge in [-0.15, -0.1) is 0 Å². The van der Waals surface area contributed by atoms with Crippen molar-refractivity contribution in [3.63, 3.8) is 0 Å². The zero-order valence-electron chi connectivity index (χ0n) is 25.9. The third-order valence-electron chi connectivity index (χ3n) is 9.90. The molecule has 0 amide bonds. The lowest BCUT2D eigenvalue weighted by Gasteiger charge is -2.15. The Kier molecular flexibility index (Phi) is 5.64. The van der Waals surface area contributed by atoms with Gasteiger partial charge in [0.15, 0.2) is 0 Å². The first-order chi connectivity index (χ1) is 23.8. The molecule has 48 heavy (non-hydrogen) atoms. The monoisotopic (exact) mass is 609 g/mol. The van der Waals surface area contributed by atoms with Crippen LogP contribution in [0.1, 0.15) is 5.56 Å². The van der Waals surface area contributed by atoms with E-state index in [2.05, 4.69) is 167 Å². The van der Waals surface area contributed by atoms with E-state index >= 15 is 0 Å². The number of nitriles is 1. The maximum atomic E-state index is 9.62. The van der Waals surface area contributed by atoms with Crippen LogP contribution in [0.15, 0.2) is 164 Å². The lowest BCUT2D eigenvalue weighted by molar-refractivity contribution is 1.18. The second-order valence-electron chi connectivity index (χ2n) is 12.5. The van der Waals surface area contributed by atoms with Crippen LogP contribution in [-0.2, 0) is 0 Å². The Bertz CT molecular complexity index is 2950. The van der Waals surface area contributed by atoms with Gasteiger partial charge in [0.1, 0.15) is 0 Å². The highest BCUT2D eigenvalue weighted by atomic mass is 15.0. The summed E-state index contributed by atoms with van der Waals surface area (Å²) in [6.07, 6.45) is 0. The summed E-state index contributed by atoms with van der Waals surface area (Å²) < 4.78 is 4.79. The molecule has 10 aromatic rings. The van der Waals surface area contributed by atoms with Gasteiger partial charge in [0.25, 0.3) is 0 Å². The molecule has 0 unspecified atom stereocenters. The Hall–Kier alpha value is -6.63. The highest BCUT2D eigenvalue weighted by molar-refractivity contribution is 6.18. The van der Waals surface area contributed by atoms with Crippen LogP contribution >= 0.6 is 0 Å². The minimum absolute atomic E-state index is 0.673. The first-order valence-corrected chi connectivity index (χ1v) is 16.3. The Morgan fingerprint density at radius 3 is 1.90 bits per heavy atom. The summed E-state index contributed by atoms with van der Waals surface area (Å²) in [5.74, 6) is 0. The molecule has 0 aliphatic rings. The highest BCUT2D eigenvalue weighted by Crippen LogP contribution is 2.42. The molecule has 3 nitrogen and oxygen atoms in total. The minimum Gasteiger partial charge on any atom is -0.309 e. The molecule has 0 radical (unpaired) electrons. The summed E-state index contributed by atoms with van der Waals surface area (Å²) in [4.78, 5) is 0.